The molecule has 0 aliphatic heterocycles. The van der Waals surface area contributed by atoms with Crippen LogP contribution in [0.4, 0.5) is 11.6 Å². The van der Waals surface area contributed by atoms with Gasteiger partial charge in [0.05, 0.1) is 11.0 Å². The fraction of sp³-hybridized carbons (Fsp3) is 0.154. The summed E-state index contributed by atoms with van der Waals surface area (Å²) in [7, 11) is 4.70. The Labute approximate surface area is 217 Å². The van der Waals surface area contributed by atoms with E-state index in [1.807, 2.05) is 6.07 Å². The predicted molar refractivity (Wildman–Crippen MR) is 141 cm³/mol. The molecule has 4 N–H and O–H groups in total. The van der Waals surface area contributed by atoms with E-state index in [4.69, 9.17) is 16.3 Å². The number of benzene rings is 2. The second-order valence-corrected chi connectivity index (χ2v) is 8.72. The Kier molecular flexibility index (Phi) is 7.42. The molecule has 1 atom stereocenters. The highest BCUT2D eigenvalue weighted by Crippen LogP contribution is 2.32. The van der Waals surface area contributed by atoms with Crippen molar-refractivity contribution >= 4 is 46.1 Å². The highest BCUT2D eigenvalue weighted by Gasteiger charge is 2.22. The van der Waals surface area contributed by atoms with Gasteiger partial charge in [-0.3, -0.25) is 14.6 Å². The summed E-state index contributed by atoms with van der Waals surface area (Å²) in [4.78, 5) is 37.0. The number of carbonyl (C=O) groups excluding carboxylic acids is 2. The van der Waals surface area contributed by atoms with Gasteiger partial charge in [0, 0.05) is 61.3 Å². The van der Waals surface area contributed by atoms with Crippen LogP contribution >= 0.6 is 11.6 Å². The number of H-pyrrole nitrogens is 1. The average Bonchev–Trinajstić information content (AvgIpc) is 3.28. The van der Waals surface area contributed by atoms with Crippen LogP contribution in [0.5, 0.6) is 11.5 Å². The lowest BCUT2D eigenvalue weighted by atomic mass is 10.0. The number of fused-ring (bicyclic) bond motifs is 1. The van der Waals surface area contributed by atoms with Crippen LogP contribution in [0.15, 0.2) is 66.9 Å². The normalized spacial score (nSPS) is 11.6. The first-order chi connectivity index (χ1) is 17.7. The lowest BCUT2D eigenvalue weighted by Gasteiger charge is -2.18. The summed E-state index contributed by atoms with van der Waals surface area (Å²) in [5.74, 6) is 0.780. The van der Waals surface area contributed by atoms with E-state index in [9.17, 15) is 14.7 Å². The maximum atomic E-state index is 12.1. The number of likely N-dealkylation sites (N-methyl/N-ethyl adjacent to an activating group) is 1. The van der Waals surface area contributed by atoms with Crippen molar-refractivity contribution in [3.05, 3.63) is 83.2 Å². The molecule has 0 saturated heterocycles. The number of aromatic amines is 1. The summed E-state index contributed by atoms with van der Waals surface area (Å²) < 4.78 is 5.88. The number of anilines is 2. The summed E-state index contributed by atoms with van der Waals surface area (Å²) in [6.07, 6.45) is 0.273. The van der Waals surface area contributed by atoms with Crippen molar-refractivity contribution in [3.63, 3.8) is 0 Å². The molecule has 4 rings (SSSR count). The summed E-state index contributed by atoms with van der Waals surface area (Å²) >= 11 is 6.39. The molecule has 0 radical (unpaired) electrons. The molecule has 190 valence electrons. The minimum absolute atomic E-state index is 0.0273. The lowest BCUT2D eigenvalue weighted by molar-refractivity contribution is -0.125. The number of aliphatic hydroxyl groups is 1. The number of nitrogens with zero attached hydrogens (tertiary/aromatic N) is 3. The predicted octanol–water partition coefficient (Wildman–Crippen LogP) is 4.18. The largest absolute Gasteiger partial charge is 0.457 e. The first-order valence-corrected chi connectivity index (χ1v) is 11.5. The maximum absolute atomic E-state index is 12.1. The lowest BCUT2D eigenvalue weighted by Crippen LogP contribution is -2.26. The van der Waals surface area contributed by atoms with Crippen molar-refractivity contribution in [1.82, 2.24) is 25.2 Å². The number of carbonyl (C=O) groups is 2. The second kappa shape index (κ2) is 10.7. The van der Waals surface area contributed by atoms with E-state index in [-0.39, 0.29) is 28.1 Å². The van der Waals surface area contributed by atoms with Gasteiger partial charge in [0.1, 0.15) is 23.3 Å². The van der Waals surface area contributed by atoms with Crippen molar-refractivity contribution in [1.29, 1.82) is 0 Å². The molecular formula is C26H25ClN6O4. The molecule has 0 saturated carbocycles. The fourth-order valence-corrected chi connectivity index (χ4v) is 3.81. The van der Waals surface area contributed by atoms with Crippen LogP contribution < -0.4 is 15.4 Å². The van der Waals surface area contributed by atoms with Gasteiger partial charge in [0.15, 0.2) is 0 Å². The third kappa shape index (κ3) is 5.71. The molecule has 0 bridgehead atoms. The zero-order valence-corrected chi connectivity index (χ0v) is 21.1. The van der Waals surface area contributed by atoms with Gasteiger partial charge in [-0.2, -0.15) is 0 Å². The zero-order chi connectivity index (χ0) is 26.7. The third-order valence-corrected chi connectivity index (χ3v) is 5.78. The SMILES string of the molecule is C=C(C(=O)N(C)C)C(O)c1ccc(Nc2nc3cc(Oc4ccnc(C(=O)NC)c4)ccc3[nH]2)cc1Cl. The number of nitrogens with one attached hydrogen (secondary N) is 3. The molecule has 2 amide bonds. The second-order valence-electron chi connectivity index (χ2n) is 8.31. The number of aromatic nitrogens is 3. The molecule has 37 heavy (non-hydrogen) atoms. The minimum atomic E-state index is -1.23. The van der Waals surface area contributed by atoms with Crippen LogP contribution in [0.3, 0.4) is 0 Å². The highest BCUT2D eigenvalue weighted by atomic mass is 35.5. The first kappa shape index (κ1) is 25.7. The van der Waals surface area contributed by atoms with Gasteiger partial charge in [-0.1, -0.05) is 24.2 Å². The van der Waals surface area contributed by atoms with Crippen LogP contribution in [-0.4, -0.2) is 57.9 Å². The minimum Gasteiger partial charge on any atom is -0.457 e. The fourth-order valence-electron chi connectivity index (χ4n) is 3.53. The van der Waals surface area contributed by atoms with Gasteiger partial charge in [-0.05, 0) is 30.3 Å². The van der Waals surface area contributed by atoms with E-state index < -0.39 is 6.10 Å². The van der Waals surface area contributed by atoms with E-state index in [0.717, 1.165) is 5.52 Å². The average molecular weight is 521 g/mol. The van der Waals surface area contributed by atoms with Crippen molar-refractivity contribution in [2.45, 2.75) is 6.10 Å². The van der Waals surface area contributed by atoms with E-state index in [0.29, 0.717) is 34.2 Å². The number of imidazole rings is 1. The van der Waals surface area contributed by atoms with E-state index in [1.165, 1.54) is 18.1 Å². The molecule has 0 fully saturated rings. The van der Waals surface area contributed by atoms with Gasteiger partial charge in [-0.15, -0.1) is 0 Å². The maximum Gasteiger partial charge on any atom is 0.269 e. The first-order valence-electron chi connectivity index (χ1n) is 11.2. The molecule has 2 heterocycles. The van der Waals surface area contributed by atoms with Crippen LogP contribution in [0.1, 0.15) is 22.2 Å². The van der Waals surface area contributed by atoms with Crippen LogP contribution in [0, 0.1) is 0 Å². The number of halogens is 1. The number of hydrogen-bond donors (Lipinski definition) is 4. The van der Waals surface area contributed by atoms with Crippen molar-refractivity contribution in [3.8, 4) is 11.5 Å². The van der Waals surface area contributed by atoms with Crippen LogP contribution in [0.2, 0.25) is 5.02 Å². The molecule has 0 aliphatic carbocycles. The Morgan fingerprint density at radius 2 is 1.89 bits per heavy atom. The number of ether oxygens (including phenoxy) is 1. The van der Waals surface area contributed by atoms with E-state index in [1.54, 1.807) is 56.6 Å². The Morgan fingerprint density at radius 1 is 1.14 bits per heavy atom. The zero-order valence-electron chi connectivity index (χ0n) is 20.4. The molecule has 11 heteroatoms. The van der Waals surface area contributed by atoms with Gasteiger partial charge >= 0.3 is 0 Å². The molecule has 0 spiro atoms. The molecule has 10 nitrogen and oxygen atoms in total. The molecule has 2 aromatic heterocycles. The summed E-state index contributed by atoms with van der Waals surface area (Å²) in [6, 6.07) is 13.5. The van der Waals surface area contributed by atoms with E-state index in [2.05, 4.69) is 32.2 Å². The Hall–Kier alpha value is -4.41. The summed E-state index contributed by atoms with van der Waals surface area (Å²) in [6.45, 7) is 3.70. The van der Waals surface area contributed by atoms with Gasteiger partial charge in [0.25, 0.3) is 11.8 Å². The number of amides is 2. The smallest absolute Gasteiger partial charge is 0.269 e. The highest BCUT2D eigenvalue weighted by molar-refractivity contribution is 6.31. The molecule has 0 aliphatic rings. The van der Waals surface area contributed by atoms with Crippen molar-refractivity contribution < 1.29 is 19.4 Å². The van der Waals surface area contributed by atoms with Crippen LogP contribution in [0.25, 0.3) is 11.0 Å². The van der Waals surface area contributed by atoms with Crippen molar-refractivity contribution in [2.75, 3.05) is 26.5 Å². The van der Waals surface area contributed by atoms with Crippen LogP contribution in [-0.2, 0) is 4.79 Å². The topological polar surface area (TPSA) is 132 Å². The third-order valence-electron chi connectivity index (χ3n) is 5.45. The van der Waals surface area contributed by atoms with Gasteiger partial charge < -0.3 is 30.4 Å². The quantitative estimate of drug-likeness (QED) is 0.256. The molecule has 1 unspecified atom stereocenters. The number of rotatable bonds is 8. The Balaban J connectivity index is 1.49. The van der Waals surface area contributed by atoms with Gasteiger partial charge in [-0.25, -0.2) is 4.98 Å². The molecular weight excluding hydrogens is 496 g/mol. The Morgan fingerprint density at radius 3 is 2.59 bits per heavy atom. The standard InChI is InChI=1S/C26H25ClN6O4/c1-14(25(36)33(3)4)23(34)18-7-5-15(11-19(18)27)30-26-31-20-8-6-16(12-21(20)32-26)37-17-9-10-29-22(13-17)24(35)28-2/h5-13,23,34H,1H2,2-4H3,(H,28,35)(H2,30,31,32). The monoisotopic (exact) mass is 520 g/mol. The Bertz CT molecular complexity index is 1500. The number of pyridine rings is 1. The summed E-state index contributed by atoms with van der Waals surface area (Å²) in [5, 5.41) is 16.5. The number of hydrogen-bond acceptors (Lipinski definition) is 7. The van der Waals surface area contributed by atoms with Gasteiger partial charge in [0.2, 0.25) is 5.95 Å². The molecule has 2 aromatic carbocycles. The molecule has 4 aromatic rings. The van der Waals surface area contributed by atoms with E-state index >= 15 is 0 Å². The number of aliphatic hydroxyl groups excluding tert-OH is 1. The van der Waals surface area contributed by atoms with Crippen molar-refractivity contribution in [2.24, 2.45) is 0 Å². The summed E-state index contributed by atoms with van der Waals surface area (Å²) in [5.41, 5.74) is 2.69.